The van der Waals surface area contributed by atoms with Gasteiger partial charge in [0.25, 0.3) is 0 Å². The summed E-state index contributed by atoms with van der Waals surface area (Å²) in [6.07, 6.45) is 0.991. The van der Waals surface area contributed by atoms with Gasteiger partial charge in [-0.25, -0.2) is 13.4 Å². The second-order valence-corrected chi connectivity index (χ2v) is 7.75. The smallest absolute Gasteiger partial charge is 0.220 e. The van der Waals surface area contributed by atoms with Crippen LogP contribution in [0.2, 0.25) is 5.02 Å². The van der Waals surface area contributed by atoms with Crippen LogP contribution in [0.15, 0.2) is 51.8 Å². The first-order valence-electron chi connectivity index (χ1n) is 7.10. The monoisotopic (exact) mass is 374 g/mol. The third-order valence-corrected chi connectivity index (χ3v) is 5.14. The second kappa shape index (κ2) is 6.31. The Bertz CT molecular complexity index is 1100. The zero-order valence-corrected chi connectivity index (χ0v) is 14.5. The van der Waals surface area contributed by atoms with E-state index < -0.39 is 21.5 Å². The number of nitrogens with zero attached hydrogens (tertiary/aromatic N) is 2. The molecule has 0 aliphatic heterocycles. The summed E-state index contributed by atoms with van der Waals surface area (Å²) in [4.78, 5) is 16.7. The molecular formula is C17H11ClN2O4S. The molecule has 0 bridgehead atoms. The summed E-state index contributed by atoms with van der Waals surface area (Å²) < 4.78 is 29.0. The van der Waals surface area contributed by atoms with Gasteiger partial charge in [-0.2, -0.15) is 5.26 Å². The SMILES string of the molecule is CS(=O)(=O)c1cc(C(=O)C(C#N)c2nc3ccccc3o2)ccc1Cl. The lowest BCUT2D eigenvalue weighted by atomic mass is 9.99. The number of para-hydroxylation sites is 2. The zero-order valence-electron chi connectivity index (χ0n) is 12.9. The highest BCUT2D eigenvalue weighted by atomic mass is 35.5. The fourth-order valence-corrected chi connectivity index (χ4v) is 3.65. The molecule has 0 aliphatic rings. The normalized spacial score (nSPS) is 12.7. The number of fused-ring (bicyclic) bond motifs is 1. The predicted molar refractivity (Wildman–Crippen MR) is 91.3 cm³/mol. The number of nitriles is 1. The van der Waals surface area contributed by atoms with Gasteiger partial charge in [-0.1, -0.05) is 23.7 Å². The number of carbonyl (C=O) groups excluding carboxylic acids is 1. The van der Waals surface area contributed by atoms with Crippen molar-refractivity contribution in [3.05, 3.63) is 58.9 Å². The maximum absolute atomic E-state index is 12.7. The van der Waals surface area contributed by atoms with E-state index in [2.05, 4.69) is 4.98 Å². The lowest BCUT2D eigenvalue weighted by Crippen LogP contribution is -2.12. The van der Waals surface area contributed by atoms with Crippen molar-refractivity contribution in [1.82, 2.24) is 4.98 Å². The van der Waals surface area contributed by atoms with Crippen LogP contribution >= 0.6 is 11.6 Å². The molecule has 0 amide bonds. The molecule has 1 unspecified atom stereocenters. The number of ketones is 1. The van der Waals surface area contributed by atoms with Gasteiger partial charge in [0.2, 0.25) is 5.89 Å². The minimum atomic E-state index is -3.61. The molecule has 0 saturated carbocycles. The van der Waals surface area contributed by atoms with Gasteiger partial charge >= 0.3 is 0 Å². The van der Waals surface area contributed by atoms with Crippen LogP contribution in [0.3, 0.4) is 0 Å². The van der Waals surface area contributed by atoms with Crippen molar-refractivity contribution in [2.24, 2.45) is 0 Å². The topological polar surface area (TPSA) is 101 Å². The predicted octanol–water partition coefficient (Wildman–Crippen LogP) is 3.37. The Balaban J connectivity index is 2.05. The van der Waals surface area contributed by atoms with Gasteiger partial charge in [-0.3, -0.25) is 4.79 Å². The molecular weight excluding hydrogens is 364 g/mol. The number of carbonyl (C=O) groups is 1. The third kappa shape index (κ3) is 3.27. The maximum atomic E-state index is 12.7. The molecule has 8 heteroatoms. The van der Waals surface area contributed by atoms with Crippen molar-refractivity contribution in [3.8, 4) is 6.07 Å². The van der Waals surface area contributed by atoms with E-state index in [-0.39, 0.29) is 21.4 Å². The highest BCUT2D eigenvalue weighted by Gasteiger charge is 2.28. The van der Waals surface area contributed by atoms with Gasteiger partial charge in [0, 0.05) is 11.8 Å². The molecule has 1 aromatic heterocycles. The zero-order chi connectivity index (χ0) is 18.2. The molecule has 0 saturated heterocycles. The minimum Gasteiger partial charge on any atom is -0.439 e. The molecule has 3 rings (SSSR count). The van der Waals surface area contributed by atoms with E-state index in [0.717, 1.165) is 12.3 Å². The number of hydrogen-bond acceptors (Lipinski definition) is 6. The van der Waals surface area contributed by atoms with Crippen LogP contribution in [0.1, 0.15) is 22.2 Å². The van der Waals surface area contributed by atoms with E-state index in [0.29, 0.717) is 11.1 Å². The molecule has 1 heterocycles. The molecule has 0 spiro atoms. The fourth-order valence-electron chi connectivity index (χ4n) is 2.35. The molecule has 0 aliphatic carbocycles. The molecule has 25 heavy (non-hydrogen) atoms. The average Bonchev–Trinajstić information content (AvgIpc) is 2.98. The molecule has 0 radical (unpaired) electrons. The summed E-state index contributed by atoms with van der Waals surface area (Å²) in [7, 11) is -3.61. The Kier molecular flexibility index (Phi) is 4.33. The standard InChI is InChI=1S/C17H11ClN2O4S/c1-25(22,23)15-8-10(6-7-12(15)18)16(21)11(9-19)17-20-13-4-2-3-5-14(13)24-17/h2-8,11H,1H3. The van der Waals surface area contributed by atoms with E-state index in [4.69, 9.17) is 16.0 Å². The van der Waals surface area contributed by atoms with Crippen LogP contribution in [0, 0.1) is 11.3 Å². The lowest BCUT2D eigenvalue weighted by Gasteiger charge is -2.07. The van der Waals surface area contributed by atoms with Crippen LogP contribution in [-0.2, 0) is 9.84 Å². The molecule has 0 N–H and O–H groups in total. The Hall–Kier alpha value is -2.69. The minimum absolute atomic E-state index is 0.00872. The fraction of sp³-hybridized carbons (Fsp3) is 0.118. The number of hydrogen-bond donors (Lipinski definition) is 0. The van der Waals surface area contributed by atoms with Crippen molar-refractivity contribution in [2.45, 2.75) is 10.8 Å². The quantitative estimate of drug-likeness (QED) is 0.649. The van der Waals surface area contributed by atoms with Crippen LogP contribution in [-0.4, -0.2) is 25.4 Å². The molecule has 3 aromatic rings. The van der Waals surface area contributed by atoms with Crippen LogP contribution in [0.25, 0.3) is 11.1 Å². The summed E-state index contributed by atoms with van der Waals surface area (Å²) >= 11 is 5.88. The van der Waals surface area contributed by atoms with Crippen molar-refractivity contribution >= 4 is 38.3 Å². The molecule has 6 nitrogen and oxygen atoms in total. The number of halogens is 1. The van der Waals surface area contributed by atoms with E-state index in [1.165, 1.54) is 12.1 Å². The van der Waals surface area contributed by atoms with Gasteiger partial charge < -0.3 is 4.42 Å². The largest absolute Gasteiger partial charge is 0.439 e. The first-order chi connectivity index (χ1) is 11.8. The molecule has 126 valence electrons. The first kappa shape index (κ1) is 17.1. The average molecular weight is 375 g/mol. The second-order valence-electron chi connectivity index (χ2n) is 5.36. The number of oxazole rings is 1. The van der Waals surface area contributed by atoms with Crippen molar-refractivity contribution in [3.63, 3.8) is 0 Å². The summed E-state index contributed by atoms with van der Waals surface area (Å²) in [5.74, 6) is -1.94. The van der Waals surface area contributed by atoms with E-state index in [1.807, 2.05) is 6.07 Å². The number of benzene rings is 2. The van der Waals surface area contributed by atoms with E-state index in [1.54, 1.807) is 24.3 Å². The summed E-state index contributed by atoms with van der Waals surface area (Å²) in [5, 5.41) is 9.41. The van der Waals surface area contributed by atoms with Gasteiger partial charge in [-0.05, 0) is 30.3 Å². The first-order valence-corrected chi connectivity index (χ1v) is 9.37. The Labute approximate surface area is 148 Å². The molecule has 2 aromatic carbocycles. The van der Waals surface area contributed by atoms with Gasteiger partial charge in [0.05, 0.1) is 16.0 Å². The summed E-state index contributed by atoms with van der Waals surface area (Å²) in [5.41, 5.74) is 1.02. The van der Waals surface area contributed by atoms with Gasteiger partial charge in [0.15, 0.2) is 27.1 Å². The van der Waals surface area contributed by atoms with Crippen LogP contribution in [0.4, 0.5) is 0 Å². The highest BCUT2D eigenvalue weighted by molar-refractivity contribution is 7.90. The van der Waals surface area contributed by atoms with Crippen LogP contribution in [0.5, 0.6) is 0 Å². The highest BCUT2D eigenvalue weighted by Crippen LogP contribution is 2.27. The van der Waals surface area contributed by atoms with Crippen molar-refractivity contribution < 1.29 is 17.6 Å². The van der Waals surface area contributed by atoms with Crippen molar-refractivity contribution in [1.29, 1.82) is 5.26 Å². The molecule has 0 fully saturated rings. The Morgan fingerprint density at radius 2 is 2.00 bits per heavy atom. The van der Waals surface area contributed by atoms with E-state index >= 15 is 0 Å². The molecule has 1 atom stereocenters. The summed E-state index contributed by atoms with van der Waals surface area (Å²) in [6, 6.07) is 12.6. The lowest BCUT2D eigenvalue weighted by molar-refractivity contribution is 0.0970. The number of aromatic nitrogens is 1. The summed E-state index contributed by atoms with van der Waals surface area (Å²) in [6.45, 7) is 0. The maximum Gasteiger partial charge on any atom is 0.220 e. The van der Waals surface area contributed by atoms with E-state index in [9.17, 15) is 18.5 Å². The van der Waals surface area contributed by atoms with Gasteiger partial charge in [0.1, 0.15) is 5.52 Å². The van der Waals surface area contributed by atoms with Crippen LogP contribution < -0.4 is 0 Å². The number of sulfone groups is 1. The Morgan fingerprint density at radius 1 is 1.28 bits per heavy atom. The van der Waals surface area contributed by atoms with Gasteiger partial charge in [-0.15, -0.1) is 0 Å². The third-order valence-electron chi connectivity index (χ3n) is 3.56. The Morgan fingerprint density at radius 3 is 2.64 bits per heavy atom. The number of Topliss-reactive ketones (excluding diaryl/α,β-unsaturated/α-hetero) is 1. The van der Waals surface area contributed by atoms with Crippen molar-refractivity contribution in [2.75, 3.05) is 6.26 Å². The number of rotatable bonds is 4.